The maximum Gasteiger partial charge on any atom is 0.305 e. The number of nitrogens with one attached hydrogen (secondary N) is 3. The van der Waals surface area contributed by atoms with Gasteiger partial charge in [0.2, 0.25) is 5.91 Å². The lowest BCUT2D eigenvalue weighted by atomic mass is 9.88. The van der Waals surface area contributed by atoms with Crippen molar-refractivity contribution >= 4 is 27.8 Å². The van der Waals surface area contributed by atoms with Crippen LogP contribution in [0.15, 0.2) is 42.1 Å². The molecule has 8 nitrogen and oxygen atoms in total. The normalized spacial score (nSPS) is 21.3. The molecule has 1 aromatic rings. The number of amides is 1. The fraction of sp³-hybridized carbons (Fsp3) is 0.286. The van der Waals surface area contributed by atoms with Gasteiger partial charge in [-0.25, -0.2) is 0 Å². The number of carbonyl (C=O) groups excluding carboxylic acids is 1. The number of benzene rings is 1. The highest BCUT2D eigenvalue weighted by Gasteiger charge is 2.45. The Balaban J connectivity index is 2.27. The lowest BCUT2D eigenvalue weighted by Gasteiger charge is -2.34. The van der Waals surface area contributed by atoms with Gasteiger partial charge >= 0.3 is 5.97 Å². The smallest absolute Gasteiger partial charge is 0.305 e. The van der Waals surface area contributed by atoms with E-state index in [1.165, 1.54) is 12.1 Å². The van der Waals surface area contributed by atoms with Crippen LogP contribution >= 0.6 is 0 Å². The Hall–Kier alpha value is -2.39. The molecule has 0 saturated carbocycles. The number of aliphatic carboxylic acids is 1. The second-order valence-corrected chi connectivity index (χ2v) is 6.69. The minimum atomic E-state index is -4.14. The number of carbonyl (C=O) groups is 2. The third-order valence-corrected chi connectivity index (χ3v) is 4.47. The van der Waals surface area contributed by atoms with Gasteiger partial charge in [0.05, 0.1) is 6.42 Å². The largest absolute Gasteiger partial charge is 0.481 e. The van der Waals surface area contributed by atoms with Gasteiger partial charge in [0.25, 0.3) is 10.2 Å². The Morgan fingerprint density at radius 1 is 1.35 bits per heavy atom. The number of allylic oxidation sites excluding steroid dienone is 1. The molecule has 4 N–H and O–H groups in total. The van der Waals surface area contributed by atoms with Gasteiger partial charge in [0, 0.05) is 11.4 Å². The summed E-state index contributed by atoms with van der Waals surface area (Å²) in [4.78, 5) is 23.3. The zero-order valence-electron chi connectivity index (χ0n) is 12.4. The third kappa shape index (κ3) is 4.30. The van der Waals surface area contributed by atoms with Gasteiger partial charge in [-0.1, -0.05) is 24.3 Å². The van der Waals surface area contributed by atoms with Gasteiger partial charge in [0.1, 0.15) is 5.54 Å². The lowest BCUT2D eigenvalue weighted by molar-refractivity contribution is -0.142. The lowest BCUT2D eigenvalue weighted by Crippen LogP contribution is -2.61. The van der Waals surface area contributed by atoms with E-state index in [2.05, 4.69) is 14.8 Å². The summed E-state index contributed by atoms with van der Waals surface area (Å²) < 4.78 is 29.0. The Kier molecular flexibility index (Phi) is 4.71. The molecule has 1 aliphatic rings. The molecular formula is C14H17N3O5S. The van der Waals surface area contributed by atoms with Crippen molar-refractivity contribution in [2.24, 2.45) is 0 Å². The zero-order valence-corrected chi connectivity index (χ0v) is 13.2. The Morgan fingerprint density at radius 2 is 2.00 bits per heavy atom. The number of hydrogen-bond donors (Lipinski definition) is 4. The van der Waals surface area contributed by atoms with Gasteiger partial charge < -0.3 is 10.4 Å². The predicted octanol–water partition coefficient (Wildman–Crippen LogP) is 0.570. The summed E-state index contributed by atoms with van der Waals surface area (Å²) in [6.07, 6.45) is 0.861. The van der Waals surface area contributed by atoms with Crippen LogP contribution in [0, 0.1) is 0 Å². The van der Waals surface area contributed by atoms with E-state index >= 15 is 0 Å². The topological polar surface area (TPSA) is 125 Å². The Morgan fingerprint density at radius 3 is 2.57 bits per heavy atom. The molecule has 1 atom stereocenters. The van der Waals surface area contributed by atoms with Crippen LogP contribution in [0.25, 0.3) is 0 Å². The summed E-state index contributed by atoms with van der Waals surface area (Å²) >= 11 is 0. The summed E-state index contributed by atoms with van der Waals surface area (Å²) in [5, 5.41) is 11.5. The van der Waals surface area contributed by atoms with Crippen molar-refractivity contribution < 1.29 is 23.1 Å². The second-order valence-electron chi connectivity index (χ2n) is 5.27. The predicted molar refractivity (Wildman–Crippen MR) is 83.6 cm³/mol. The van der Waals surface area contributed by atoms with Gasteiger partial charge in [-0.05, 0) is 25.5 Å². The zero-order chi connectivity index (χ0) is 17.1. The molecule has 1 aromatic carbocycles. The van der Waals surface area contributed by atoms with Gasteiger partial charge in [-0.15, -0.1) is 0 Å². The highest BCUT2D eigenvalue weighted by molar-refractivity contribution is 7.90. The molecular weight excluding hydrogens is 322 g/mol. The fourth-order valence-corrected chi connectivity index (χ4v) is 3.51. The molecule has 1 heterocycles. The molecule has 124 valence electrons. The summed E-state index contributed by atoms with van der Waals surface area (Å²) in [5.74, 6) is -1.98. The molecule has 0 aliphatic carbocycles. The molecule has 1 unspecified atom stereocenters. The van der Waals surface area contributed by atoms with Gasteiger partial charge in [0.15, 0.2) is 0 Å². The fourth-order valence-electron chi connectivity index (χ4n) is 2.25. The number of para-hydroxylation sites is 1. The van der Waals surface area contributed by atoms with Crippen LogP contribution in [-0.2, 0) is 19.8 Å². The summed E-state index contributed by atoms with van der Waals surface area (Å²) in [6.45, 7) is 1.64. The van der Waals surface area contributed by atoms with Crippen LogP contribution in [0.5, 0.6) is 0 Å². The standard InChI is InChI=1S/C14H17N3O5S/c1-10-7-8-14(9-12(18)19,13(20)15-10)17-23(21,22)16-11-5-3-2-4-6-11/h2-7,16-17H,8-9H2,1H3,(H,15,20)(H,18,19). The highest BCUT2D eigenvalue weighted by atomic mass is 32.2. The van der Waals surface area contributed by atoms with Crippen molar-refractivity contribution in [1.82, 2.24) is 10.0 Å². The van der Waals surface area contributed by atoms with Crippen LogP contribution < -0.4 is 14.8 Å². The average Bonchev–Trinajstić information content (AvgIpc) is 2.43. The molecule has 2 rings (SSSR count). The molecule has 0 radical (unpaired) electrons. The first kappa shape index (κ1) is 17.0. The molecule has 0 aromatic heterocycles. The monoisotopic (exact) mass is 339 g/mol. The maximum absolute atomic E-state index is 12.3. The van der Waals surface area contributed by atoms with Gasteiger partial charge in [-0.3, -0.25) is 14.3 Å². The Bertz CT molecular complexity index is 745. The van der Waals surface area contributed by atoms with E-state index in [1.807, 2.05) is 0 Å². The van der Waals surface area contributed by atoms with Crippen molar-refractivity contribution in [1.29, 1.82) is 0 Å². The van der Waals surface area contributed by atoms with E-state index in [-0.39, 0.29) is 6.42 Å². The molecule has 9 heteroatoms. The molecule has 0 bridgehead atoms. The number of rotatable bonds is 6. The van der Waals surface area contributed by atoms with Crippen LogP contribution in [0.2, 0.25) is 0 Å². The van der Waals surface area contributed by atoms with Crippen LogP contribution in [0.1, 0.15) is 19.8 Å². The number of carboxylic acid groups (broad SMARTS) is 1. The quantitative estimate of drug-likeness (QED) is 0.603. The molecule has 0 spiro atoms. The van der Waals surface area contributed by atoms with E-state index in [9.17, 15) is 18.0 Å². The van der Waals surface area contributed by atoms with E-state index in [1.54, 1.807) is 31.2 Å². The summed E-state index contributed by atoms with van der Waals surface area (Å²) in [5.41, 5.74) is -0.925. The van der Waals surface area contributed by atoms with E-state index in [0.29, 0.717) is 11.4 Å². The first-order chi connectivity index (χ1) is 10.7. The molecule has 0 fully saturated rings. The van der Waals surface area contributed by atoms with Crippen molar-refractivity contribution in [3.8, 4) is 0 Å². The number of anilines is 1. The SMILES string of the molecule is CC1=CCC(CC(=O)O)(NS(=O)(=O)Nc2ccccc2)C(=O)N1. The molecule has 23 heavy (non-hydrogen) atoms. The minimum absolute atomic E-state index is 0.0489. The van der Waals surface area contributed by atoms with Crippen LogP contribution in [-0.4, -0.2) is 30.9 Å². The maximum atomic E-state index is 12.3. The average molecular weight is 339 g/mol. The summed E-state index contributed by atoms with van der Waals surface area (Å²) in [6, 6.07) is 8.08. The second kappa shape index (κ2) is 6.39. The van der Waals surface area contributed by atoms with Crippen molar-refractivity contribution in [3.05, 3.63) is 42.1 Å². The van der Waals surface area contributed by atoms with Crippen LogP contribution in [0.4, 0.5) is 5.69 Å². The minimum Gasteiger partial charge on any atom is -0.481 e. The first-order valence-electron chi connectivity index (χ1n) is 6.79. The Labute approximate surface area is 133 Å². The summed E-state index contributed by atoms with van der Waals surface area (Å²) in [7, 11) is -4.14. The number of hydrogen-bond acceptors (Lipinski definition) is 4. The first-order valence-corrected chi connectivity index (χ1v) is 8.27. The molecule has 1 amide bonds. The van der Waals surface area contributed by atoms with Gasteiger partial charge in [-0.2, -0.15) is 13.1 Å². The van der Waals surface area contributed by atoms with E-state index < -0.39 is 34.0 Å². The molecule has 0 saturated heterocycles. The van der Waals surface area contributed by atoms with Crippen molar-refractivity contribution in [3.63, 3.8) is 0 Å². The highest BCUT2D eigenvalue weighted by Crippen LogP contribution is 2.23. The number of carboxylic acids is 1. The van der Waals surface area contributed by atoms with E-state index in [4.69, 9.17) is 5.11 Å². The molecule has 1 aliphatic heterocycles. The van der Waals surface area contributed by atoms with E-state index in [0.717, 1.165) is 0 Å². The third-order valence-electron chi connectivity index (χ3n) is 3.31. The van der Waals surface area contributed by atoms with Crippen LogP contribution in [0.3, 0.4) is 0 Å². The van der Waals surface area contributed by atoms with Crippen molar-refractivity contribution in [2.75, 3.05) is 4.72 Å². The van der Waals surface area contributed by atoms with Crippen molar-refractivity contribution in [2.45, 2.75) is 25.3 Å².